The average molecular weight is 354 g/mol. The summed E-state index contributed by atoms with van der Waals surface area (Å²) in [5.41, 5.74) is 5.11. The number of carbonyl (C=O) groups is 1. The summed E-state index contributed by atoms with van der Waals surface area (Å²) in [6, 6.07) is 13.2. The lowest BCUT2D eigenvalue weighted by atomic mass is 10.1. The van der Waals surface area contributed by atoms with Gasteiger partial charge in [0.15, 0.2) is 0 Å². The Morgan fingerprint density at radius 3 is 2.92 bits per heavy atom. The molecule has 0 spiro atoms. The van der Waals surface area contributed by atoms with E-state index in [9.17, 15) is 4.79 Å². The summed E-state index contributed by atoms with van der Waals surface area (Å²) in [5, 5.41) is 13.1. The van der Waals surface area contributed by atoms with Crippen LogP contribution >= 0.6 is 11.3 Å². The minimum atomic E-state index is -0.344. The highest BCUT2D eigenvalue weighted by Crippen LogP contribution is 2.28. The van der Waals surface area contributed by atoms with E-state index in [0.29, 0.717) is 18.0 Å². The molecule has 6 nitrogen and oxygen atoms in total. The van der Waals surface area contributed by atoms with Gasteiger partial charge in [-0.15, -0.1) is 11.3 Å². The van der Waals surface area contributed by atoms with Gasteiger partial charge in [0.1, 0.15) is 11.4 Å². The molecule has 1 aromatic carbocycles. The lowest BCUT2D eigenvalue weighted by Crippen LogP contribution is -2.19. The first-order valence-corrected chi connectivity index (χ1v) is 8.73. The van der Waals surface area contributed by atoms with Crippen molar-refractivity contribution in [3.05, 3.63) is 58.4 Å². The number of rotatable bonds is 6. The molecule has 0 fully saturated rings. The van der Waals surface area contributed by atoms with Crippen molar-refractivity contribution in [3.63, 3.8) is 0 Å². The topological polar surface area (TPSA) is 79.4 Å². The molecule has 7 heteroatoms. The van der Waals surface area contributed by atoms with Crippen molar-refractivity contribution in [1.82, 2.24) is 15.6 Å². The average Bonchev–Trinajstić information content (AvgIpc) is 3.32. The number of hydrogen-bond donors (Lipinski definition) is 2. The minimum Gasteiger partial charge on any atom is -0.493 e. The molecule has 0 aliphatic carbocycles. The molecule has 0 saturated heterocycles. The standard InChI is InChI=1S/C18H18N4O2S/c1-3-24-16-8-5-4-7-13(16)14-11-15(21-20-14)18(23)22-19-12(2)17-9-6-10-25-17/h4-11H,3H2,1-2H3,(H,20,21)(H,22,23). The van der Waals surface area contributed by atoms with Gasteiger partial charge in [-0.3, -0.25) is 9.89 Å². The van der Waals surface area contributed by atoms with Crippen LogP contribution in [0.2, 0.25) is 0 Å². The zero-order chi connectivity index (χ0) is 17.6. The number of H-pyrrole nitrogens is 1. The Bertz CT molecular complexity index is 884. The molecular weight excluding hydrogens is 336 g/mol. The summed E-state index contributed by atoms with van der Waals surface area (Å²) in [6.45, 7) is 4.34. The molecule has 0 aliphatic rings. The molecule has 3 aromatic rings. The van der Waals surface area contributed by atoms with Crippen LogP contribution in [0.4, 0.5) is 0 Å². The van der Waals surface area contributed by atoms with E-state index in [4.69, 9.17) is 4.74 Å². The number of ether oxygens (including phenoxy) is 1. The first-order valence-electron chi connectivity index (χ1n) is 7.85. The second kappa shape index (κ2) is 7.76. The third-order valence-electron chi connectivity index (χ3n) is 3.49. The number of aromatic amines is 1. The fraction of sp³-hybridized carbons (Fsp3) is 0.167. The van der Waals surface area contributed by atoms with Gasteiger partial charge in [0.25, 0.3) is 5.91 Å². The van der Waals surface area contributed by atoms with E-state index in [-0.39, 0.29) is 5.91 Å². The van der Waals surface area contributed by atoms with E-state index in [1.54, 1.807) is 17.4 Å². The third kappa shape index (κ3) is 3.95. The predicted octanol–water partition coefficient (Wildman–Crippen LogP) is 3.69. The summed E-state index contributed by atoms with van der Waals surface area (Å²) < 4.78 is 5.61. The highest BCUT2D eigenvalue weighted by atomic mass is 32.1. The van der Waals surface area contributed by atoms with Crippen molar-refractivity contribution in [2.45, 2.75) is 13.8 Å². The number of hydrazone groups is 1. The van der Waals surface area contributed by atoms with Crippen molar-refractivity contribution in [2.75, 3.05) is 6.61 Å². The van der Waals surface area contributed by atoms with Gasteiger partial charge in [-0.1, -0.05) is 18.2 Å². The summed E-state index contributed by atoms with van der Waals surface area (Å²) in [4.78, 5) is 13.3. The molecule has 2 aromatic heterocycles. The van der Waals surface area contributed by atoms with Gasteiger partial charge in [-0.2, -0.15) is 10.2 Å². The molecule has 1 amide bonds. The molecule has 2 N–H and O–H groups in total. The Morgan fingerprint density at radius 2 is 2.16 bits per heavy atom. The largest absolute Gasteiger partial charge is 0.493 e. The van der Waals surface area contributed by atoms with Crippen LogP contribution in [0.25, 0.3) is 11.3 Å². The first kappa shape index (κ1) is 16.9. The lowest BCUT2D eigenvalue weighted by molar-refractivity contribution is 0.0950. The predicted molar refractivity (Wildman–Crippen MR) is 99.2 cm³/mol. The fourth-order valence-corrected chi connectivity index (χ4v) is 2.95. The third-order valence-corrected chi connectivity index (χ3v) is 4.47. The van der Waals surface area contributed by atoms with Crippen LogP contribution in [-0.2, 0) is 0 Å². The molecule has 0 saturated carbocycles. The number of nitrogens with zero attached hydrogens (tertiary/aromatic N) is 2. The number of benzene rings is 1. The molecule has 0 unspecified atom stereocenters. The SMILES string of the molecule is CCOc1ccccc1-c1cc(C(=O)NN=C(C)c2cccs2)[nH]n1. The Balaban J connectivity index is 1.75. The maximum atomic E-state index is 12.3. The van der Waals surface area contributed by atoms with E-state index in [1.807, 2.05) is 55.6 Å². The van der Waals surface area contributed by atoms with E-state index >= 15 is 0 Å². The van der Waals surface area contributed by atoms with Gasteiger partial charge in [-0.05, 0) is 43.5 Å². The van der Waals surface area contributed by atoms with Crippen molar-refractivity contribution >= 4 is 23.0 Å². The molecule has 2 heterocycles. The van der Waals surface area contributed by atoms with Crippen LogP contribution in [0.3, 0.4) is 0 Å². The number of hydrogen-bond acceptors (Lipinski definition) is 5. The molecule has 3 rings (SSSR count). The molecule has 0 bridgehead atoms. The summed E-state index contributed by atoms with van der Waals surface area (Å²) in [6.07, 6.45) is 0. The Kier molecular flexibility index (Phi) is 5.25. The number of carbonyl (C=O) groups excluding carboxylic acids is 1. The highest BCUT2D eigenvalue weighted by Gasteiger charge is 2.13. The van der Waals surface area contributed by atoms with Crippen molar-refractivity contribution in [3.8, 4) is 17.0 Å². The van der Waals surface area contributed by atoms with Crippen LogP contribution < -0.4 is 10.2 Å². The van der Waals surface area contributed by atoms with Gasteiger partial charge in [-0.25, -0.2) is 5.43 Å². The maximum absolute atomic E-state index is 12.3. The van der Waals surface area contributed by atoms with Gasteiger partial charge < -0.3 is 4.74 Å². The van der Waals surface area contributed by atoms with Crippen molar-refractivity contribution in [2.24, 2.45) is 5.10 Å². The molecule has 0 aliphatic heterocycles. The van der Waals surface area contributed by atoms with Crippen molar-refractivity contribution in [1.29, 1.82) is 0 Å². The van der Waals surface area contributed by atoms with Crippen LogP contribution in [0, 0.1) is 0 Å². The Morgan fingerprint density at radius 1 is 1.32 bits per heavy atom. The van der Waals surface area contributed by atoms with Crippen molar-refractivity contribution < 1.29 is 9.53 Å². The number of nitrogens with one attached hydrogen (secondary N) is 2. The van der Waals surface area contributed by atoms with E-state index < -0.39 is 0 Å². The molecule has 0 radical (unpaired) electrons. The smallest absolute Gasteiger partial charge is 0.289 e. The van der Waals surface area contributed by atoms with Crippen LogP contribution in [0.1, 0.15) is 29.2 Å². The Labute approximate surface area is 149 Å². The molecule has 0 atom stereocenters. The van der Waals surface area contributed by atoms with Gasteiger partial charge in [0.2, 0.25) is 0 Å². The minimum absolute atomic E-state index is 0.337. The Hall–Kier alpha value is -2.93. The normalized spacial score (nSPS) is 11.4. The molecular formula is C18H18N4O2S. The quantitative estimate of drug-likeness (QED) is 0.523. The van der Waals surface area contributed by atoms with E-state index in [0.717, 1.165) is 21.9 Å². The highest BCUT2D eigenvalue weighted by molar-refractivity contribution is 7.12. The number of amides is 1. The fourth-order valence-electron chi connectivity index (χ4n) is 2.27. The zero-order valence-electron chi connectivity index (χ0n) is 13.9. The van der Waals surface area contributed by atoms with Crippen LogP contribution in [0.5, 0.6) is 5.75 Å². The number of thiophene rings is 1. The lowest BCUT2D eigenvalue weighted by Gasteiger charge is -2.07. The number of aromatic nitrogens is 2. The maximum Gasteiger partial charge on any atom is 0.289 e. The van der Waals surface area contributed by atoms with Gasteiger partial charge in [0.05, 0.1) is 18.0 Å². The summed E-state index contributed by atoms with van der Waals surface area (Å²) >= 11 is 1.57. The summed E-state index contributed by atoms with van der Waals surface area (Å²) in [5.74, 6) is 0.388. The summed E-state index contributed by atoms with van der Waals surface area (Å²) in [7, 11) is 0. The van der Waals surface area contributed by atoms with E-state index in [1.165, 1.54) is 0 Å². The number of para-hydroxylation sites is 1. The van der Waals surface area contributed by atoms with Crippen LogP contribution in [-0.4, -0.2) is 28.4 Å². The van der Waals surface area contributed by atoms with Crippen LogP contribution in [0.15, 0.2) is 52.9 Å². The monoisotopic (exact) mass is 354 g/mol. The molecule has 25 heavy (non-hydrogen) atoms. The molecule has 128 valence electrons. The van der Waals surface area contributed by atoms with Gasteiger partial charge in [0, 0.05) is 10.4 Å². The van der Waals surface area contributed by atoms with Gasteiger partial charge >= 0.3 is 0 Å². The second-order valence-corrected chi connectivity index (χ2v) is 6.16. The zero-order valence-corrected chi connectivity index (χ0v) is 14.8. The second-order valence-electron chi connectivity index (χ2n) is 5.21. The first-order chi connectivity index (χ1) is 12.2. The van der Waals surface area contributed by atoms with E-state index in [2.05, 4.69) is 20.7 Å².